The van der Waals surface area contributed by atoms with Crippen LogP contribution < -0.4 is 5.48 Å². The zero-order chi connectivity index (χ0) is 22.6. The van der Waals surface area contributed by atoms with Crippen LogP contribution in [-0.2, 0) is 9.63 Å². The van der Waals surface area contributed by atoms with Crippen LogP contribution in [0.15, 0.2) is 29.4 Å². The van der Waals surface area contributed by atoms with Crippen LogP contribution in [0.1, 0.15) is 56.4 Å². The van der Waals surface area contributed by atoms with E-state index in [2.05, 4.69) is 20.3 Å². The molecule has 0 bridgehead atoms. The number of carbonyl (C=O) groups is 1. The Morgan fingerprint density at radius 1 is 1.18 bits per heavy atom. The lowest BCUT2D eigenvalue weighted by Gasteiger charge is -2.26. The molecule has 6 rings (SSSR count). The zero-order valence-electron chi connectivity index (χ0n) is 18.4. The summed E-state index contributed by atoms with van der Waals surface area (Å²) in [5.74, 6) is -2.54. The molecule has 1 aromatic heterocycles. The summed E-state index contributed by atoms with van der Waals surface area (Å²) < 4.78 is 31.4. The number of aromatic nitrogens is 2. The highest BCUT2D eigenvalue weighted by atomic mass is 19.3. The SMILES string of the molecule is O=C(CC1CC1)N1CCN(C2=NC(c3ccc4cnn(C5CCC5)c4c3)ON2)CC(F)(F)C1. The van der Waals surface area contributed by atoms with E-state index in [4.69, 9.17) is 4.84 Å². The standard InChI is InChI=1S/C23H28F2N6O2/c24-23(25)13-29(20(32)10-15-4-5-15)8-9-30(14-23)22-27-21(33-28-22)16-6-7-17-12-26-31(19(17)11-16)18-2-1-3-18/h6-7,11-12,15,18,21H,1-5,8-10,13-14H2,(H,27,28). The summed E-state index contributed by atoms with van der Waals surface area (Å²) in [5, 5.41) is 5.60. The Balaban J connectivity index is 1.19. The Morgan fingerprint density at radius 3 is 2.79 bits per heavy atom. The second kappa shape index (κ2) is 7.93. The first-order valence-corrected chi connectivity index (χ1v) is 11.8. The molecule has 0 radical (unpaired) electrons. The quantitative estimate of drug-likeness (QED) is 0.762. The van der Waals surface area contributed by atoms with E-state index < -0.39 is 25.2 Å². The van der Waals surface area contributed by atoms with Gasteiger partial charge < -0.3 is 9.80 Å². The Morgan fingerprint density at radius 2 is 2.03 bits per heavy atom. The van der Waals surface area contributed by atoms with E-state index in [-0.39, 0.29) is 25.0 Å². The molecule has 1 amide bonds. The molecule has 2 aliphatic heterocycles. The van der Waals surface area contributed by atoms with Crippen molar-refractivity contribution in [2.75, 3.05) is 26.2 Å². The van der Waals surface area contributed by atoms with Crippen molar-refractivity contribution in [3.63, 3.8) is 0 Å². The zero-order valence-corrected chi connectivity index (χ0v) is 18.4. The molecule has 1 saturated heterocycles. The average molecular weight is 459 g/mol. The molecule has 3 fully saturated rings. The number of hydroxylamine groups is 1. The number of halogens is 2. The molecule has 8 nitrogen and oxygen atoms in total. The molecule has 1 aromatic carbocycles. The van der Waals surface area contributed by atoms with Crippen molar-refractivity contribution in [3.05, 3.63) is 30.0 Å². The van der Waals surface area contributed by atoms with E-state index in [9.17, 15) is 13.6 Å². The third-order valence-corrected chi connectivity index (χ3v) is 7.13. The predicted octanol–water partition coefficient (Wildman–Crippen LogP) is 3.23. The largest absolute Gasteiger partial charge is 0.335 e. The van der Waals surface area contributed by atoms with Crippen LogP contribution in [-0.4, -0.2) is 63.5 Å². The maximum Gasteiger partial charge on any atom is 0.282 e. The van der Waals surface area contributed by atoms with E-state index in [0.29, 0.717) is 18.4 Å². The van der Waals surface area contributed by atoms with Gasteiger partial charge in [-0.15, -0.1) is 0 Å². The summed E-state index contributed by atoms with van der Waals surface area (Å²) >= 11 is 0. The minimum atomic E-state index is -3.02. The Labute approximate surface area is 190 Å². The van der Waals surface area contributed by atoms with Crippen LogP contribution >= 0.6 is 0 Å². The van der Waals surface area contributed by atoms with Crippen molar-refractivity contribution >= 4 is 22.8 Å². The molecule has 2 saturated carbocycles. The van der Waals surface area contributed by atoms with Crippen LogP contribution in [0.2, 0.25) is 0 Å². The highest BCUT2D eigenvalue weighted by Gasteiger charge is 2.41. The molecule has 4 aliphatic rings. The first-order valence-electron chi connectivity index (χ1n) is 11.8. The van der Waals surface area contributed by atoms with Gasteiger partial charge in [-0.05, 0) is 44.1 Å². The van der Waals surface area contributed by atoms with E-state index in [0.717, 1.165) is 42.1 Å². The van der Waals surface area contributed by atoms with E-state index in [1.54, 1.807) is 0 Å². The molecule has 1 unspecified atom stereocenters. The van der Waals surface area contributed by atoms with Gasteiger partial charge in [0.1, 0.15) is 0 Å². The number of benzene rings is 1. The second-order valence-corrected chi connectivity index (χ2v) is 9.76. The van der Waals surface area contributed by atoms with Crippen molar-refractivity contribution in [1.29, 1.82) is 0 Å². The fraction of sp³-hybridized carbons (Fsp3) is 0.609. The van der Waals surface area contributed by atoms with Gasteiger partial charge in [0.2, 0.25) is 18.1 Å². The lowest BCUT2D eigenvalue weighted by atomic mass is 9.93. The molecular weight excluding hydrogens is 430 g/mol. The van der Waals surface area contributed by atoms with E-state index in [1.165, 1.54) is 16.2 Å². The van der Waals surface area contributed by atoms with Crippen molar-refractivity contribution in [1.82, 2.24) is 25.1 Å². The summed E-state index contributed by atoms with van der Waals surface area (Å²) in [5.41, 5.74) is 4.62. The molecule has 0 spiro atoms. The maximum atomic E-state index is 14.7. The van der Waals surface area contributed by atoms with Crippen LogP contribution in [0.25, 0.3) is 10.9 Å². The summed E-state index contributed by atoms with van der Waals surface area (Å²) in [6.07, 6.45) is 7.15. The number of hydrogen-bond donors (Lipinski definition) is 1. The maximum absolute atomic E-state index is 14.7. The molecular formula is C23H28F2N6O2. The first kappa shape index (κ1) is 20.8. The fourth-order valence-electron chi connectivity index (χ4n) is 4.79. The highest BCUT2D eigenvalue weighted by Crippen LogP contribution is 2.35. The number of nitrogens with one attached hydrogen (secondary N) is 1. The molecule has 1 atom stereocenters. The van der Waals surface area contributed by atoms with Gasteiger partial charge in [-0.25, -0.2) is 24.1 Å². The normalized spacial score (nSPS) is 25.5. The molecule has 2 aromatic rings. The van der Waals surface area contributed by atoms with Crippen LogP contribution in [0.4, 0.5) is 8.78 Å². The topological polar surface area (TPSA) is 75.0 Å². The minimum Gasteiger partial charge on any atom is -0.335 e. The van der Waals surface area contributed by atoms with Gasteiger partial charge in [-0.3, -0.25) is 9.48 Å². The van der Waals surface area contributed by atoms with Crippen molar-refractivity contribution in [2.24, 2.45) is 10.9 Å². The predicted molar refractivity (Wildman–Crippen MR) is 117 cm³/mol. The number of hydrogen-bond acceptors (Lipinski definition) is 6. The Bertz CT molecular complexity index is 1090. The monoisotopic (exact) mass is 458 g/mol. The van der Waals surface area contributed by atoms with Crippen LogP contribution in [0.5, 0.6) is 0 Å². The van der Waals surface area contributed by atoms with Crippen LogP contribution in [0.3, 0.4) is 0 Å². The molecule has 2 aliphatic carbocycles. The second-order valence-electron chi connectivity index (χ2n) is 9.76. The fourth-order valence-corrected chi connectivity index (χ4v) is 4.79. The van der Waals surface area contributed by atoms with Gasteiger partial charge in [0.25, 0.3) is 5.92 Å². The minimum absolute atomic E-state index is 0.175. The van der Waals surface area contributed by atoms with Gasteiger partial charge in [-0.1, -0.05) is 12.1 Å². The number of nitrogens with zero attached hydrogens (tertiary/aromatic N) is 5. The average Bonchev–Trinajstić information content (AvgIpc) is 3.31. The van der Waals surface area contributed by atoms with Gasteiger partial charge in [-0.2, -0.15) is 5.10 Å². The van der Waals surface area contributed by atoms with Gasteiger partial charge in [0, 0.05) is 30.5 Å². The third-order valence-electron chi connectivity index (χ3n) is 7.13. The Kier molecular flexibility index (Phi) is 5.01. The molecule has 10 heteroatoms. The van der Waals surface area contributed by atoms with E-state index >= 15 is 0 Å². The number of guanidine groups is 1. The lowest BCUT2D eigenvalue weighted by molar-refractivity contribution is -0.135. The molecule has 3 heterocycles. The highest BCUT2D eigenvalue weighted by molar-refractivity contribution is 5.82. The number of carbonyl (C=O) groups excluding carboxylic acids is 1. The van der Waals surface area contributed by atoms with Gasteiger partial charge in [0.05, 0.1) is 30.8 Å². The summed E-state index contributed by atoms with van der Waals surface area (Å²) in [7, 11) is 0. The van der Waals surface area contributed by atoms with E-state index in [1.807, 2.05) is 24.4 Å². The third kappa shape index (κ3) is 4.16. The first-order chi connectivity index (χ1) is 15.9. The molecule has 1 N–H and O–H groups in total. The number of alkyl halides is 2. The van der Waals surface area contributed by atoms with Crippen molar-refractivity contribution < 1.29 is 18.4 Å². The molecule has 33 heavy (non-hydrogen) atoms. The summed E-state index contributed by atoms with van der Waals surface area (Å²) in [6.45, 7) is -0.523. The van der Waals surface area contributed by atoms with Gasteiger partial charge in [0.15, 0.2) is 0 Å². The summed E-state index contributed by atoms with van der Waals surface area (Å²) in [6, 6.07) is 6.38. The summed E-state index contributed by atoms with van der Waals surface area (Å²) in [4.78, 5) is 25.5. The smallest absolute Gasteiger partial charge is 0.282 e. The van der Waals surface area contributed by atoms with Crippen LogP contribution in [0, 0.1) is 5.92 Å². The lowest BCUT2D eigenvalue weighted by Crippen LogP contribution is -2.45. The van der Waals surface area contributed by atoms with Gasteiger partial charge >= 0.3 is 0 Å². The number of aliphatic imine (C=N–C) groups is 1. The van der Waals surface area contributed by atoms with Crippen molar-refractivity contribution in [2.45, 2.75) is 56.7 Å². The number of fused-ring (bicyclic) bond motifs is 1. The number of amides is 1. The number of rotatable bonds is 4. The Hall–Kier alpha value is -2.75. The van der Waals surface area contributed by atoms with Crippen molar-refractivity contribution in [3.8, 4) is 0 Å². The molecule has 176 valence electrons.